The lowest BCUT2D eigenvalue weighted by Gasteiger charge is -2.34. The fourth-order valence-corrected chi connectivity index (χ4v) is 3.41. The summed E-state index contributed by atoms with van der Waals surface area (Å²) in [6, 6.07) is 0. The maximum absolute atomic E-state index is 10.5. The summed E-state index contributed by atoms with van der Waals surface area (Å²) < 4.78 is 0. The Balaban J connectivity index is 2.47. The average molecular weight is 229 g/mol. The van der Waals surface area contributed by atoms with E-state index in [1.54, 1.807) is 0 Å². The molecule has 3 nitrogen and oxygen atoms in total. The van der Waals surface area contributed by atoms with Crippen molar-refractivity contribution in [3.8, 4) is 0 Å². The molecule has 1 rings (SSSR count). The number of hydrogen-bond acceptors (Lipinski definition) is 3. The summed E-state index contributed by atoms with van der Waals surface area (Å²) in [7, 11) is 0. The quantitative estimate of drug-likeness (QED) is 0.750. The summed E-state index contributed by atoms with van der Waals surface area (Å²) in [5, 5.41) is 9.91. The molecular weight excluding hydrogens is 210 g/mol. The first kappa shape index (κ1) is 12.6. The predicted octanol–water partition coefficient (Wildman–Crippen LogP) is 1.84. The van der Waals surface area contributed by atoms with Crippen LogP contribution in [0.5, 0.6) is 0 Å². The van der Waals surface area contributed by atoms with Gasteiger partial charge in [-0.2, -0.15) is 11.8 Å². The molecule has 1 saturated heterocycles. The molecule has 4 heteroatoms. The minimum absolute atomic E-state index is 0.645. The van der Waals surface area contributed by atoms with Gasteiger partial charge in [0.1, 0.15) is 0 Å². The molecule has 0 amide bonds. The van der Waals surface area contributed by atoms with E-state index in [1.165, 1.54) is 6.08 Å². The van der Waals surface area contributed by atoms with Gasteiger partial charge in [0.05, 0.1) is 0 Å². The molecule has 86 valence electrons. The lowest BCUT2D eigenvalue weighted by atomic mass is 10.2. The Labute approximate surface area is 95.5 Å². The van der Waals surface area contributed by atoms with Gasteiger partial charge in [-0.3, -0.25) is 4.90 Å². The third-order valence-corrected chi connectivity index (χ3v) is 3.57. The number of nitrogens with zero attached hydrogens (tertiary/aromatic N) is 1. The van der Waals surface area contributed by atoms with Crippen LogP contribution in [0.2, 0.25) is 0 Å². The van der Waals surface area contributed by atoms with E-state index in [-0.39, 0.29) is 0 Å². The highest BCUT2D eigenvalue weighted by Crippen LogP contribution is 2.24. The molecule has 1 N–H and O–H groups in total. The van der Waals surface area contributed by atoms with E-state index < -0.39 is 5.97 Å². The van der Waals surface area contributed by atoms with Gasteiger partial charge in [0.25, 0.3) is 0 Å². The maximum Gasteiger partial charge on any atom is 0.328 e. The van der Waals surface area contributed by atoms with Crippen molar-refractivity contribution in [2.24, 2.45) is 0 Å². The van der Waals surface area contributed by atoms with Crippen molar-refractivity contribution >= 4 is 17.7 Å². The van der Waals surface area contributed by atoms with E-state index in [0.717, 1.165) is 25.2 Å². The summed E-state index contributed by atoms with van der Waals surface area (Å²) in [4.78, 5) is 12.8. The Morgan fingerprint density at radius 3 is 2.47 bits per heavy atom. The minimum atomic E-state index is -0.847. The van der Waals surface area contributed by atoms with Gasteiger partial charge < -0.3 is 5.11 Å². The van der Waals surface area contributed by atoms with E-state index in [1.807, 2.05) is 18.7 Å². The second kappa shape index (κ2) is 5.56. The largest absolute Gasteiger partial charge is 0.478 e. The molecule has 0 aromatic heterocycles. The van der Waals surface area contributed by atoms with Crippen LogP contribution in [-0.4, -0.2) is 46.1 Å². The van der Waals surface area contributed by atoms with Crippen molar-refractivity contribution in [2.45, 2.75) is 31.3 Å². The van der Waals surface area contributed by atoms with E-state index in [2.05, 4.69) is 18.7 Å². The Morgan fingerprint density at radius 2 is 2.00 bits per heavy atom. The molecule has 1 heterocycles. The third-order valence-electron chi connectivity index (χ3n) is 2.34. The zero-order valence-corrected chi connectivity index (χ0v) is 10.4. The van der Waals surface area contributed by atoms with Gasteiger partial charge in [-0.15, -0.1) is 0 Å². The van der Waals surface area contributed by atoms with Crippen LogP contribution in [0.15, 0.2) is 11.6 Å². The smallest absolute Gasteiger partial charge is 0.328 e. The zero-order chi connectivity index (χ0) is 11.4. The molecule has 2 unspecified atom stereocenters. The summed E-state index contributed by atoms with van der Waals surface area (Å²) in [6.45, 7) is 9.22. The Morgan fingerprint density at radius 1 is 1.47 bits per heavy atom. The summed E-state index contributed by atoms with van der Waals surface area (Å²) in [5.74, 6) is -0.847. The van der Waals surface area contributed by atoms with Crippen LogP contribution in [0.1, 0.15) is 20.8 Å². The number of aliphatic carboxylic acids is 1. The van der Waals surface area contributed by atoms with Gasteiger partial charge in [0, 0.05) is 36.2 Å². The Hall–Kier alpha value is -0.480. The second-order valence-corrected chi connectivity index (χ2v) is 6.16. The van der Waals surface area contributed by atoms with Gasteiger partial charge in [0.15, 0.2) is 0 Å². The third kappa shape index (κ3) is 4.71. The summed E-state index contributed by atoms with van der Waals surface area (Å²) >= 11 is 2.01. The molecule has 0 saturated carbocycles. The molecule has 0 bridgehead atoms. The molecule has 0 spiro atoms. The molecule has 0 radical (unpaired) electrons. The molecule has 1 fully saturated rings. The van der Waals surface area contributed by atoms with Crippen LogP contribution in [0.4, 0.5) is 0 Å². The van der Waals surface area contributed by atoms with Crippen LogP contribution < -0.4 is 0 Å². The van der Waals surface area contributed by atoms with Gasteiger partial charge in [-0.05, 0) is 6.92 Å². The standard InChI is InChI=1S/C11H19NO2S/c1-8(4-11(13)14)5-12-6-9(2)15-10(3)7-12/h4,9-10H,5-7H2,1-3H3,(H,13,14). The van der Waals surface area contributed by atoms with Gasteiger partial charge >= 0.3 is 5.97 Å². The molecule has 0 aromatic rings. The fraction of sp³-hybridized carbons (Fsp3) is 0.727. The zero-order valence-electron chi connectivity index (χ0n) is 9.56. The summed E-state index contributed by atoms with van der Waals surface area (Å²) in [5.41, 5.74) is 0.925. The molecular formula is C11H19NO2S. The van der Waals surface area contributed by atoms with Crippen LogP contribution in [0, 0.1) is 0 Å². The molecule has 15 heavy (non-hydrogen) atoms. The number of hydrogen-bond donors (Lipinski definition) is 1. The minimum Gasteiger partial charge on any atom is -0.478 e. The average Bonchev–Trinajstić information content (AvgIpc) is 1.98. The van der Waals surface area contributed by atoms with Crippen LogP contribution in [-0.2, 0) is 4.79 Å². The van der Waals surface area contributed by atoms with Crippen molar-refractivity contribution in [1.82, 2.24) is 4.90 Å². The highest BCUT2D eigenvalue weighted by atomic mass is 32.2. The van der Waals surface area contributed by atoms with Crippen molar-refractivity contribution in [3.63, 3.8) is 0 Å². The van der Waals surface area contributed by atoms with E-state index >= 15 is 0 Å². The van der Waals surface area contributed by atoms with Gasteiger partial charge in [-0.1, -0.05) is 19.4 Å². The first-order valence-corrected chi connectivity index (χ1v) is 6.19. The molecule has 0 aliphatic carbocycles. The van der Waals surface area contributed by atoms with Crippen molar-refractivity contribution in [3.05, 3.63) is 11.6 Å². The first-order valence-electron chi connectivity index (χ1n) is 5.25. The van der Waals surface area contributed by atoms with Gasteiger partial charge in [0.2, 0.25) is 0 Å². The van der Waals surface area contributed by atoms with E-state index in [0.29, 0.717) is 10.5 Å². The fourth-order valence-electron chi connectivity index (χ4n) is 2.02. The lowest BCUT2D eigenvalue weighted by Crippen LogP contribution is -2.41. The number of carboxylic acids is 1. The number of rotatable bonds is 3. The number of carboxylic acid groups (broad SMARTS) is 1. The molecule has 0 aromatic carbocycles. The topological polar surface area (TPSA) is 40.5 Å². The molecule has 1 aliphatic rings. The van der Waals surface area contributed by atoms with Crippen LogP contribution >= 0.6 is 11.8 Å². The van der Waals surface area contributed by atoms with Crippen LogP contribution in [0.25, 0.3) is 0 Å². The maximum atomic E-state index is 10.5. The molecule has 2 atom stereocenters. The van der Waals surface area contributed by atoms with Gasteiger partial charge in [-0.25, -0.2) is 4.79 Å². The van der Waals surface area contributed by atoms with Crippen molar-refractivity contribution in [1.29, 1.82) is 0 Å². The van der Waals surface area contributed by atoms with E-state index in [4.69, 9.17) is 5.11 Å². The highest BCUT2D eigenvalue weighted by molar-refractivity contribution is 8.00. The Bertz CT molecular complexity index is 255. The monoisotopic (exact) mass is 229 g/mol. The molecule has 1 aliphatic heterocycles. The second-order valence-electron chi connectivity index (χ2n) is 4.28. The van der Waals surface area contributed by atoms with Crippen LogP contribution in [0.3, 0.4) is 0 Å². The first-order chi connectivity index (χ1) is 6.97. The summed E-state index contributed by atoms with van der Waals surface area (Å²) in [6.07, 6.45) is 1.30. The SMILES string of the molecule is CC(=CC(=O)O)CN1CC(C)SC(C)C1. The van der Waals surface area contributed by atoms with Crippen molar-refractivity contribution < 1.29 is 9.90 Å². The lowest BCUT2D eigenvalue weighted by molar-refractivity contribution is -0.131. The number of carbonyl (C=O) groups is 1. The highest BCUT2D eigenvalue weighted by Gasteiger charge is 2.21. The predicted molar refractivity (Wildman–Crippen MR) is 64.3 cm³/mol. The van der Waals surface area contributed by atoms with Crippen molar-refractivity contribution in [2.75, 3.05) is 19.6 Å². The number of thioether (sulfide) groups is 1. The normalized spacial score (nSPS) is 29.1. The Kier molecular flexibility index (Phi) is 4.67. The van der Waals surface area contributed by atoms with E-state index in [9.17, 15) is 4.79 Å².